The highest BCUT2D eigenvalue weighted by Crippen LogP contribution is 2.18. The van der Waals surface area contributed by atoms with E-state index in [0.29, 0.717) is 12.1 Å². The van der Waals surface area contributed by atoms with Crippen LogP contribution in [0.2, 0.25) is 0 Å². The van der Waals surface area contributed by atoms with E-state index in [0.717, 1.165) is 17.3 Å². The van der Waals surface area contributed by atoms with E-state index in [1.807, 2.05) is 31.2 Å². The van der Waals surface area contributed by atoms with Gasteiger partial charge in [0.05, 0.1) is 0 Å². The lowest BCUT2D eigenvalue weighted by molar-refractivity contribution is -0.114. The highest BCUT2D eigenvalue weighted by molar-refractivity contribution is 5.88. The Kier molecular flexibility index (Phi) is 5.22. The lowest BCUT2D eigenvalue weighted by atomic mass is 10.1. The van der Waals surface area contributed by atoms with Crippen LogP contribution >= 0.6 is 0 Å². The highest BCUT2D eigenvalue weighted by atomic mass is 19.1. The van der Waals surface area contributed by atoms with Crippen molar-refractivity contribution in [1.29, 1.82) is 0 Å². The zero-order valence-electron chi connectivity index (χ0n) is 12.5. The number of amides is 1. The molecular formula is C17H18F2N2O. The smallest absolute Gasteiger partial charge is 0.221 e. The minimum atomic E-state index is -0.581. The van der Waals surface area contributed by atoms with Crippen molar-refractivity contribution < 1.29 is 13.6 Å². The summed E-state index contributed by atoms with van der Waals surface area (Å²) in [6, 6.07) is 10.7. The number of halogens is 2. The van der Waals surface area contributed by atoms with Crippen molar-refractivity contribution in [2.24, 2.45) is 0 Å². The Hall–Kier alpha value is -2.27. The van der Waals surface area contributed by atoms with E-state index in [1.165, 1.54) is 19.1 Å². The van der Waals surface area contributed by atoms with E-state index in [4.69, 9.17) is 0 Å². The second-order valence-corrected chi connectivity index (χ2v) is 5.15. The van der Waals surface area contributed by atoms with Gasteiger partial charge in [0.15, 0.2) is 0 Å². The molecule has 1 unspecified atom stereocenters. The molecule has 2 rings (SSSR count). The maximum atomic E-state index is 13.7. The molecule has 2 aromatic rings. The van der Waals surface area contributed by atoms with E-state index in [1.54, 1.807) is 0 Å². The van der Waals surface area contributed by atoms with Gasteiger partial charge in [-0.3, -0.25) is 4.79 Å². The number of benzene rings is 2. The Morgan fingerprint density at radius 2 is 1.82 bits per heavy atom. The Balaban J connectivity index is 1.95. The number of hydrogen-bond acceptors (Lipinski definition) is 2. The van der Waals surface area contributed by atoms with Gasteiger partial charge >= 0.3 is 0 Å². The van der Waals surface area contributed by atoms with Gasteiger partial charge in [-0.2, -0.15) is 0 Å². The van der Waals surface area contributed by atoms with Gasteiger partial charge in [0.25, 0.3) is 0 Å². The number of hydrogen-bond donors (Lipinski definition) is 2. The molecule has 0 heterocycles. The third-order valence-electron chi connectivity index (χ3n) is 3.32. The molecule has 0 saturated carbocycles. The quantitative estimate of drug-likeness (QED) is 0.883. The molecule has 22 heavy (non-hydrogen) atoms. The highest BCUT2D eigenvalue weighted by Gasteiger charge is 2.11. The average Bonchev–Trinajstić information content (AvgIpc) is 2.45. The molecule has 2 aromatic carbocycles. The van der Waals surface area contributed by atoms with Gasteiger partial charge in [0.1, 0.15) is 11.6 Å². The first-order valence-electron chi connectivity index (χ1n) is 7.00. The molecule has 0 fully saturated rings. The molecule has 0 aliphatic rings. The van der Waals surface area contributed by atoms with Gasteiger partial charge in [0.2, 0.25) is 5.91 Å². The Labute approximate surface area is 128 Å². The summed E-state index contributed by atoms with van der Waals surface area (Å²) in [4.78, 5) is 10.9. The monoisotopic (exact) mass is 304 g/mol. The summed E-state index contributed by atoms with van der Waals surface area (Å²) < 4.78 is 26.6. The molecule has 1 amide bonds. The van der Waals surface area contributed by atoms with E-state index in [-0.39, 0.29) is 11.9 Å². The van der Waals surface area contributed by atoms with Crippen LogP contribution in [0.1, 0.15) is 31.0 Å². The van der Waals surface area contributed by atoms with E-state index in [9.17, 15) is 13.6 Å². The molecule has 0 aliphatic heterocycles. The van der Waals surface area contributed by atoms with Gasteiger partial charge in [0, 0.05) is 36.8 Å². The van der Waals surface area contributed by atoms with Gasteiger partial charge in [-0.1, -0.05) is 18.2 Å². The maximum Gasteiger partial charge on any atom is 0.221 e. The lowest BCUT2D eigenvalue weighted by Gasteiger charge is -2.15. The van der Waals surface area contributed by atoms with E-state index < -0.39 is 11.6 Å². The summed E-state index contributed by atoms with van der Waals surface area (Å²) in [5.41, 5.74) is 2.16. The SMILES string of the molecule is CC(=O)Nc1ccc(CNC(C)c2ccc(F)cc2F)cc1. The van der Waals surface area contributed by atoms with Crippen LogP contribution in [0.5, 0.6) is 0 Å². The summed E-state index contributed by atoms with van der Waals surface area (Å²) in [5, 5.41) is 5.88. The van der Waals surface area contributed by atoms with E-state index >= 15 is 0 Å². The van der Waals surface area contributed by atoms with Crippen LogP contribution in [0.25, 0.3) is 0 Å². The molecule has 116 valence electrons. The number of anilines is 1. The van der Waals surface area contributed by atoms with Crippen LogP contribution in [-0.4, -0.2) is 5.91 Å². The molecule has 3 nitrogen and oxygen atoms in total. The summed E-state index contributed by atoms with van der Waals surface area (Å²) >= 11 is 0. The molecule has 0 bridgehead atoms. The van der Waals surface area contributed by atoms with Crippen LogP contribution < -0.4 is 10.6 Å². The van der Waals surface area contributed by atoms with Crippen LogP contribution in [0.3, 0.4) is 0 Å². The lowest BCUT2D eigenvalue weighted by Crippen LogP contribution is -2.19. The minimum Gasteiger partial charge on any atom is -0.326 e. The zero-order valence-corrected chi connectivity index (χ0v) is 12.5. The minimum absolute atomic E-state index is 0.119. The van der Waals surface area contributed by atoms with Crippen LogP contribution in [0.4, 0.5) is 14.5 Å². The molecule has 0 spiro atoms. The second-order valence-electron chi connectivity index (χ2n) is 5.15. The second kappa shape index (κ2) is 7.13. The summed E-state index contributed by atoms with van der Waals surface area (Å²) in [6.45, 7) is 3.81. The summed E-state index contributed by atoms with van der Waals surface area (Å²) in [7, 11) is 0. The predicted octanol–water partition coefficient (Wildman–Crippen LogP) is 3.77. The number of rotatable bonds is 5. The zero-order chi connectivity index (χ0) is 16.1. The molecule has 1 atom stereocenters. The maximum absolute atomic E-state index is 13.7. The first-order chi connectivity index (χ1) is 10.5. The Bertz CT molecular complexity index is 656. The van der Waals surface area contributed by atoms with Gasteiger partial charge < -0.3 is 10.6 Å². The molecule has 0 saturated heterocycles. The van der Waals surface area contributed by atoms with Crippen molar-refractivity contribution in [3.8, 4) is 0 Å². The van der Waals surface area contributed by atoms with Crippen LogP contribution in [0, 0.1) is 11.6 Å². The number of nitrogens with one attached hydrogen (secondary N) is 2. The standard InChI is InChI=1S/C17H18F2N2O/c1-11(16-8-5-14(18)9-17(16)19)20-10-13-3-6-15(7-4-13)21-12(2)22/h3-9,11,20H,10H2,1-2H3,(H,21,22). The normalized spacial score (nSPS) is 12.0. The van der Waals surface area contributed by atoms with Gasteiger partial charge in [-0.25, -0.2) is 8.78 Å². The Morgan fingerprint density at radius 1 is 1.14 bits per heavy atom. The third kappa shape index (κ3) is 4.36. The Morgan fingerprint density at radius 3 is 2.41 bits per heavy atom. The van der Waals surface area contributed by atoms with E-state index in [2.05, 4.69) is 10.6 Å². The topological polar surface area (TPSA) is 41.1 Å². The molecular weight excluding hydrogens is 286 g/mol. The summed E-state index contributed by atoms with van der Waals surface area (Å²) in [6.07, 6.45) is 0. The molecule has 5 heteroatoms. The molecule has 0 radical (unpaired) electrons. The van der Waals surface area contributed by atoms with Gasteiger partial charge in [-0.15, -0.1) is 0 Å². The van der Waals surface area contributed by atoms with Crippen molar-refractivity contribution >= 4 is 11.6 Å². The first-order valence-corrected chi connectivity index (χ1v) is 7.00. The molecule has 0 aromatic heterocycles. The van der Waals surface area contributed by atoms with Crippen molar-refractivity contribution in [3.05, 3.63) is 65.2 Å². The average molecular weight is 304 g/mol. The molecule has 2 N–H and O–H groups in total. The fraction of sp³-hybridized carbons (Fsp3) is 0.235. The molecule has 0 aliphatic carbocycles. The number of carbonyl (C=O) groups is 1. The fourth-order valence-corrected chi connectivity index (χ4v) is 2.14. The van der Waals surface area contributed by atoms with Crippen molar-refractivity contribution in [1.82, 2.24) is 5.32 Å². The fourth-order valence-electron chi connectivity index (χ4n) is 2.14. The van der Waals surface area contributed by atoms with Gasteiger partial charge in [-0.05, 0) is 30.7 Å². The first kappa shape index (κ1) is 16.1. The number of carbonyl (C=O) groups excluding carboxylic acids is 1. The largest absolute Gasteiger partial charge is 0.326 e. The predicted molar refractivity (Wildman–Crippen MR) is 82.4 cm³/mol. The summed E-state index contributed by atoms with van der Waals surface area (Å²) in [5.74, 6) is -1.26. The van der Waals surface area contributed by atoms with Crippen LogP contribution in [0.15, 0.2) is 42.5 Å². The van der Waals surface area contributed by atoms with Crippen LogP contribution in [-0.2, 0) is 11.3 Å². The van der Waals surface area contributed by atoms with Crippen molar-refractivity contribution in [2.75, 3.05) is 5.32 Å². The van der Waals surface area contributed by atoms with Crippen molar-refractivity contribution in [2.45, 2.75) is 26.4 Å². The van der Waals surface area contributed by atoms with Crippen molar-refractivity contribution in [3.63, 3.8) is 0 Å². The third-order valence-corrected chi connectivity index (χ3v) is 3.32.